The maximum absolute atomic E-state index is 13.1. The van der Waals surface area contributed by atoms with Crippen molar-refractivity contribution in [1.29, 1.82) is 0 Å². The van der Waals surface area contributed by atoms with Crippen molar-refractivity contribution in [3.05, 3.63) is 82.7 Å². The highest BCUT2D eigenvalue weighted by molar-refractivity contribution is 7.15. The lowest BCUT2D eigenvalue weighted by atomic mass is 10.0. The molecule has 31 heavy (non-hydrogen) atoms. The predicted octanol–water partition coefficient (Wildman–Crippen LogP) is 5.64. The average molecular weight is 447 g/mol. The Hall–Kier alpha value is -3.20. The molecule has 1 atom stereocenters. The fraction of sp³-hybridized carbons (Fsp3) is 0.182. The van der Waals surface area contributed by atoms with Crippen molar-refractivity contribution in [3.63, 3.8) is 0 Å². The summed E-state index contributed by atoms with van der Waals surface area (Å²) >= 11 is 1.37. The van der Waals surface area contributed by atoms with Crippen LogP contribution in [0.3, 0.4) is 0 Å². The molecule has 2 aromatic heterocycles. The standard InChI is InChI=1S/C22H17F4N3OS/c1-13(15-3-2-4-16(9-15)22(24,25)26)27-20(30)10-18-12-31-21-28-19(11-29(18)21)14-5-7-17(23)8-6-14/h2-9,11-13H,10H2,1H3,(H,27,30)/t13-/m1/s1. The summed E-state index contributed by atoms with van der Waals surface area (Å²) in [5, 5.41) is 4.56. The van der Waals surface area contributed by atoms with Crippen LogP contribution in [0.25, 0.3) is 16.2 Å². The molecule has 4 aromatic rings. The Labute approximate surface area is 179 Å². The molecule has 0 fully saturated rings. The van der Waals surface area contributed by atoms with Crippen molar-refractivity contribution in [2.45, 2.75) is 25.6 Å². The van der Waals surface area contributed by atoms with Gasteiger partial charge in [-0.15, -0.1) is 11.3 Å². The van der Waals surface area contributed by atoms with Crippen LogP contribution < -0.4 is 5.32 Å². The second-order valence-corrected chi connectivity index (χ2v) is 7.94. The zero-order valence-electron chi connectivity index (χ0n) is 16.3. The Bertz CT molecular complexity index is 1230. The highest BCUT2D eigenvalue weighted by Crippen LogP contribution is 2.31. The van der Waals surface area contributed by atoms with E-state index in [1.165, 1.54) is 29.5 Å². The van der Waals surface area contributed by atoms with Crippen LogP contribution in [-0.4, -0.2) is 15.3 Å². The Kier molecular flexibility index (Phi) is 5.53. The van der Waals surface area contributed by atoms with Crippen LogP contribution in [0, 0.1) is 5.82 Å². The lowest BCUT2D eigenvalue weighted by Crippen LogP contribution is -2.28. The van der Waals surface area contributed by atoms with Gasteiger partial charge in [0.2, 0.25) is 5.91 Å². The second kappa shape index (κ2) is 8.14. The number of nitrogens with one attached hydrogen (secondary N) is 1. The molecule has 0 unspecified atom stereocenters. The van der Waals surface area contributed by atoms with Crippen LogP contribution in [-0.2, 0) is 17.4 Å². The lowest BCUT2D eigenvalue weighted by Gasteiger charge is -2.16. The van der Waals surface area contributed by atoms with Crippen molar-refractivity contribution in [3.8, 4) is 11.3 Å². The highest BCUT2D eigenvalue weighted by Gasteiger charge is 2.30. The third kappa shape index (κ3) is 4.61. The zero-order chi connectivity index (χ0) is 22.2. The number of aromatic nitrogens is 2. The van der Waals surface area contributed by atoms with E-state index in [4.69, 9.17) is 0 Å². The molecule has 0 saturated carbocycles. The summed E-state index contributed by atoms with van der Waals surface area (Å²) in [4.78, 5) is 17.7. The number of rotatable bonds is 5. The van der Waals surface area contributed by atoms with E-state index in [9.17, 15) is 22.4 Å². The van der Waals surface area contributed by atoms with Gasteiger partial charge in [0, 0.05) is 22.8 Å². The Morgan fingerprint density at radius 3 is 2.65 bits per heavy atom. The van der Waals surface area contributed by atoms with E-state index in [2.05, 4.69) is 10.3 Å². The first-order valence-electron chi connectivity index (χ1n) is 9.38. The van der Waals surface area contributed by atoms with Crippen LogP contribution in [0.2, 0.25) is 0 Å². The highest BCUT2D eigenvalue weighted by atomic mass is 32.1. The van der Waals surface area contributed by atoms with E-state index < -0.39 is 17.8 Å². The van der Waals surface area contributed by atoms with Crippen molar-refractivity contribution in [1.82, 2.24) is 14.7 Å². The molecule has 160 valence electrons. The molecule has 2 aromatic carbocycles. The first-order valence-corrected chi connectivity index (χ1v) is 10.3. The summed E-state index contributed by atoms with van der Waals surface area (Å²) in [5.74, 6) is -0.654. The first kappa shape index (κ1) is 21.0. The number of hydrogen-bond acceptors (Lipinski definition) is 3. The quantitative estimate of drug-likeness (QED) is 0.403. The normalized spacial score (nSPS) is 12.8. The number of halogens is 4. The fourth-order valence-corrected chi connectivity index (χ4v) is 4.11. The minimum absolute atomic E-state index is 0.0442. The zero-order valence-corrected chi connectivity index (χ0v) is 17.1. The van der Waals surface area contributed by atoms with Gasteiger partial charge in [-0.25, -0.2) is 9.37 Å². The van der Waals surface area contributed by atoms with Gasteiger partial charge >= 0.3 is 6.18 Å². The van der Waals surface area contributed by atoms with Crippen molar-refractivity contribution >= 4 is 22.2 Å². The Balaban J connectivity index is 1.48. The SMILES string of the molecule is C[C@@H](NC(=O)Cc1csc2nc(-c3ccc(F)cc3)cn12)c1cccc(C(F)(F)F)c1. The molecule has 2 heterocycles. The van der Waals surface area contributed by atoms with Crippen molar-refractivity contribution < 1.29 is 22.4 Å². The fourth-order valence-electron chi connectivity index (χ4n) is 3.24. The number of hydrogen-bond donors (Lipinski definition) is 1. The number of imidazole rings is 1. The molecule has 1 amide bonds. The molecule has 0 radical (unpaired) electrons. The maximum Gasteiger partial charge on any atom is 0.416 e. The molecule has 0 bridgehead atoms. The summed E-state index contributed by atoms with van der Waals surface area (Å²) in [6, 6.07) is 10.3. The topological polar surface area (TPSA) is 46.4 Å². The number of fused-ring (bicyclic) bond motifs is 1. The summed E-state index contributed by atoms with van der Waals surface area (Å²) in [5.41, 5.74) is 1.74. The molecule has 0 aliphatic carbocycles. The second-order valence-electron chi connectivity index (χ2n) is 7.10. The van der Waals surface area contributed by atoms with Crippen molar-refractivity contribution in [2.75, 3.05) is 0 Å². The average Bonchev–Trinajstić information content (AvgIpc) is 3.30. The van der Waals surface area contributed by atoms with Gasteiger partial charge in [0.15, 0.2) is 4.96 Å². The Morgan fingerprint density at radius 2 is 1.94 bits per heavy atom. The van der Waals surface area contributed by atoms with E-state index in [0.29, 0.717) is 21.9 Å². The van der Waals surface area contributed by atoms with Gasteiger partial charge in [0.05, 0.1) is 23.7 Å². The number of nitrogens with zero attached hydrogens (tertiary/aromatic N) is 2. The van der Waals surface area contributed by atoms with Gasteiger partial charge in [0.1, 0.15) is 5.82 Å². The lowest BCUT2D eigenvalue weighted by molar-refractivity contribution is -0.137. The Morgan fingerprint density at radius 1 is 1.19 bits per heavy atom. The number of benzene rings is 2. The largest absolute Gasteiger partial charge is 0.416 e. The number of amides is 1. The monoisotopic (exact) mass is 447 g/mol. The third-order valence-electron chi connectivity index (χ3n) is 4.86. The molecular formula is C22H17F4N3OS. The van der Waals surface area contributed by atoms with Gasteiger partial charge in [-0.3, -0.25) is 9.20 Å². The number of thiazole rings is 1. The summed E-state index contributed by atoms with van der Waals surface area (Å²) in [6.45, 7) is 1.64. The molecule has 1 N–H and O–H groups in total. The van der Waals surface area contributed by atoms with Crippen LogP contribution in [0.15, 0.2) is 60.1 Å². The maximum atomic E-state index is 13.1. The van der Waals surface area contributed by atoms with Crippen molar-refractivity contribution in [2.24, 2.45) is 0 Å². The smallest absolute Gasteiger partial charge is 0.349 e. The number of alkyl halides is 3. The van der Waals surface area contributed by atoms with Gasteiger partial charge < -0.3 is 5.32 Å². The number of carbonyl (C=O) groups excluding carboxylic acids is 1. The predicted molar refractivity (Wildman–Crippen MR) is 110 cm³/mol. The molecule has 4 rings (SSSR count). The van der Waals surface area contributed by atoms with Crippen LogP contribution in [0.4, 0.5) is 17.6 Å². The minimum atomic E-state index is -4.44. The molecule has 9 heteroatoms. The van der Waals surface area contributed by atoms with E-state index in [1.807, 2.05) is 5.38 Å². The third-order valence-corrected chi connectivity index (χ3v) is 5.75. The van der Waals surface area contributed by atoms with Crippen LogP contribution in [0.1, 0.15) is 29.8 Å². The molecular weight excluding hydrogens is 430 g/mol. The molecule has 0 spiro atoms. The van der Waals surface area contributed by atoms with Crippen LogP contribution >= 0.6 is 11.3 Å². The summed E-state index contributed by atoms with van der Waals surface area (Å²) < 4.78 is 53.7. The summed E-state index contributed by atoms with van der Waals surface area (Å²) in [7, 11) is 0. The minimum Gasteiger partial charge on any atom is -0.349 e. The van der Waals surface area contributed by atoms with E-state index >= 15 is 0 Å². The van der Waals surface area contributed by atoms with Gasteiger partial charge in [-0.1, -0.05) is 12.1 Å². The molecule has 0 aliphatic rings. The van der Waals surface area contributed by atoms with Gasteiger partial charge in [0.25, 0.3) is 0 Å². The number of carbonyl (C=O) groups is 1. The van der Waals surface area contributed by atoms with Gasteiger partial charge in [-0.05, 0) is 48.9 Å². The van der Waals surface area contributed by atoms with E-state index in [0.717, 1.165) is 17.7 Å². The van der Waals surface area contributed by atoms with E-state index in [1.54, 1.807) is 35.7 Å². The van der Waals surface area contributed by atoms with Gasteiger partial charge in [-0.2, -0.15) is 13.2 Å². The first-order chi connectivity index (χ1) is 14.7. The van der Waals surface area contributed by atoms with Crippen LogP contribution in [0.5, 0.6) is 0 Å². The molecule has 0 aliphatic heterocycles. The summed E-state index contributed by atoms with van der Waals surface area (Å²) in [6.07, 6.45) is -2.62. The molecule has 4 nitrogen and oxygen atoms in total. The van der Waals surface area contributed by atoms with E-state index in [-0.39, 0.29) is 18.1 Å². The molecule has 0 saturated heterocycles.